The molecular formula is C19H20BrClN2O2. The van der Waals surface area contributed by atoms with Gasteiger partial charge in [0.1, 0.15) is 0 Å². The van der Waals surface area contributed by atoms with Crippen molar-refractivity contribution >= 4 is 45.0 Å². The highest BCUT2D eigenvalue weighted by molar-refractivity contribution is 9.10. The van der Waals surface area contributed by atoms with Gasteiger partial charge in [0, 0.05) is 28.7 Å². The first kappa shape index (κ1) is 19.5. The third kappa shape index (κ3) is 6.18. The van der Waals surface area contributed by atoms with Gasteiger partial charge in [-0.2, -0.15) is 0 Å². The minimum Gasteiger partial charge on any atom is -0.336 e. The Balaban J connectivity index is 1.84. The number of anilines is 1. The molecular weight excluding hydrogens is 404 g/mol. The lowest BCUT2D eigenvalue weighted by atomic mass is 10.1. The maximum absolute atomic E-state index is 12.2. The number of hydrogen-bond donors (Lipinski definition) is 1. The number of carbonyl (C=O) groups is 2. The van der Waals surface area contributed by atoms with Gasteiger partial charge >= 0.3 is 0 Å². The summed E-state index contributed by atoms with van der Waals surface area (Å²) >= 11 is 9.33. The van der Waals surface area contributed by atoms with Crippen LogP contribution in [0.25, 0.3) is 0 Å². The first-order valence-corrected chi connectivity index (χ1v) is 9.06. The fourth-order valence-electron chi connectivity index (χ4n) is 2.40. The number of aryl methyl sites for hydroxylation is 2. The van der Waals surface area contributed by atoms with Crippen LogP contribution < -0.4 is 5.32 Å². The molecule has 0 heterocycles. The average Bonchev–Trinajstić information content (AvgIpc) is 2.55. The summed E-state index contributed by atoms with van der Waals surface area (Å²) in [4.78, 5) is 25.8. The molecule has 0 saturated heterocycles. The van der Waals surface area contributed by atoms with Gasteiger partial charge < -0.3 is 10.2 Å². The Hall–Kier alpha value is -1.85. The minimum atomic E-state index is -0.218. The lowest BCUT2D eigenvalue weighted by molar-refractivity contribution is -0.133. The smallest absolute Gasteiger partial charge is 0.243 e. The molecule has 0 bridgehead atoms. The largest absolute Gasteiger partial charge is 0.336 e. The van der Waals surface area contributed by atoms with Crippen molar-refractivity contribution in [2.24, 2.45) is 0 Å². The Morgan fingerprint density at radius 1 is 1.20 bits per heavy atom. The van der Waals surface area contributed by atoms with Gasteiger partial charge in [0.15, 0.2) is 0 Å². The summed E-state index contributed by atoms with van der Waals surface area (Å²) in [6.07, 6.45) is 0.929. The number of nitrogens with one attached hydrogen (secondary N) is 1. The average molecular weight is 424 g/mol. The van der Waals surface area contributed by atoms with Gasteiger partial charge in [-0.3, -0.25) is 9.59 Å². The van der Waals surface area contributed by atoms with Gasteiger partial charge in [-0.15, -0.1) is 0 Å². The highest BCUT2D eigenvalue weighted by atomic mass is 79.9. The molecule has 0 aliphatic rings. The Labute approximate surface area is 161 Å². The third-order valence-electron chi connectivity index (χ3n) is 3.79. The molecule has 0 atom stereocenters. The maximum atomic E-state index is 12.2. The predicted molar refractivity (Wildman–Crippen MR) is 105 cm³/mol. The van der Waals surface area contributed by atoms with Gasteiger partial charge in [0.25, 0.3) is 0 Å². The zero-order valence-electron chi connectivity index (χ0n) is 14.2. The van der Waals surface area contributed by atoms with Gasteiger partial charge in [-0.1, -0.05) is 39.7 Å². The molecule has 0 radical (unpaired) electrons. The van der Waals surface area contributed by atoms with Crippen LogP contribution in [0.3, 0.4) is 0 Å². The van der Waals surface area contributed by atoms with Crippen molar-refractivity contribution in [3.63, 3.8) is 0 Å². The van der Waals surface area contributed by atoms with Crippen LogP contribution in [0.5, 0.6) is 0 Å². The second kappa shape index (κ2) is 9.02. The van der Waals surface area contributed by atoms with E-state index in [2.05, 4.69) is 21.2 Å². The zero-order valence-corrected chi connectivity index (χ0v) is 16.5. The van der Waals surface area contributed by atoms with Crippen molar-refractivity contribution in [2.45, 2.75) is 19.8 Å². The van der Waals surface area contributed by atoms with Crippen LogP contribution in [-0.4, -0.2) is 30.3 Å². The summed E-state index contributed by atoms with van der Waals surface area (Å²) in [6.45, 7) is 1.93. The summed E-state index contributed by atoms with van der Waals surface area (Å²) in [5, 5.41) is 3.49. The fraction of sp³-hybridized carbons (Fsp3) is 0.263. The van der Waals surface area contributed by atoms with Crippen LogP contribution in [0.1, 0.15) is 17.5 Å². The molecule has 2 amide bonds. The fourth-order valence-corrected chi connectivity index (χ4v) is 3.08. The molecule has 0 saturated carbocycles. The first-order valence-electron chi connectivity index (χ1n) is 7.89. The van der Waals surface area contributed by atoms with E-state index in [0.29, 0.717) is 17.9 Å². The molecule has 2 rings (SSSR count). The highest BCUT2D eigenvalue weighted by Gasteiger charge is 2.14. The summed E-state index contributed by atoms with van der Waals surface area (Å²) in [7, 11) is 1.63. The second-order valence-corrected chi connectivity index (χ2v) is 7.24. The number of carbonyl (C=O) groups excluding carboxylic acids is 2. The van der Waals surface area contributed by atoms with Gasteiger partial charge in [-0.05, 0) is 54.8 Å². The van der Waals surface area contributed by atoms with Crippen molar-refractivity contribution < 1.29 is 9.59 Å². The first-order chi connectivity index (χ1) is 11.8. The van der Waals surface area contributed by atoms with E-state index in [1.807, 2.05) is 43.3 Å². The molecule has 0 unspecified atom stereocenters. The standard InChI is InChI=1S/C19H20BrClN2O2/c1-13-10-15(20)7-8-17(13)22-18(24)12-23(2)19(25)9-6-14-4-3-5-16(21)11-14/h3-5,7-8,10-11H,6,9,12H2,1-2H3,(H,22,24). The molecule has 2 aromatic rings. The number of hydrogen-bond acceptors (Lipinski definition) is 2. The lowest BCUT2D eigenvalue weighted by Gasteiger charge is -2.17. The van der Waals surface area contributed by atoms with Crippen molar-refractivity contribution in [3.05, 3.63) is 63.1 Å². The van der Waals surface area contributed by atoms with Crippen LogP contribution in [0.4, 0.5) is 5.69 Å². The van der Waals surface area contributed by atoms with E-state index in [-0.39, 0.29) is 18.4 Å². The topological polar surface area (TPSA) is 49.4 Å². The summed E-state index contributed by atoms with van der Waals surface area (Å²) in [5.41, 5.74) is 2.70. The van der Waals surface area contributed by atoms with Crippen molar-refractivity contribution in [1.82, 2.24) is 4.90 Å². The molecule has 2 aromatic carbocycles. The number of amides is 2. The zero-order chi connectivity index (χ0) is 18.4. The highest BCUT2D eigenvalue weighted by Crippen LogP contribution is 2.20. The molecule has 1 N–H and O–H groups in total. The van der Waals surface area contributed by atoms with E-state index in [1.165, 1.54) is 4.90 Å². The molecule has 132 valence electrons. The van der Waals surface area contributed by atoms with Crippen LogP contribution in [0, 0.1) is 6.92 Å². The number of likely N-dealkylation sites (N-methyl/N-ethyl adjacent to an activating group) is 1. The summed E-state index contributed by atoms with van der Waals surface area (Å²) in [5.74, 6) is -0.299. The molecule has 0 fully saturated rings. The number of rotatable bonds is 6. The van der Waals surface area contributed by atoms with Crippen LogP contribution in [0.15, 0.2) is 46.9 Å². The van der Waals surface area contributed by atoms with E-state index < -0.39 is 0 Å². The Morgan fingerprint density at radius 3 is 2.64 bits per heavy atom. The van der Waals surface area contributed by atoms with E-state index in [1.54, 1.807) is 13.1 Å². The third-order valence-corrected chi connectivity index (χ3v) is 4.51. The molecule has 4 nitrogen and oxygen atoms in total. The van der Waals surface area contributed by atoms with Gasteiger partial charge in [0.05, 0.1) is 6.54 Å². The number of nitrogens with zero attached hydrogens (tertiary/aromatic N) is 1. The number of halogens is 2. The Kier molecular flexibility index (Phi) is 7.02. The molecule has 25 heavy (non-hydrogen) atoms. The summed E-state index contributed by atoms with van der Waals surface area (Å²) < 4.78 is 0.955. The van der Waals surface area contributed by atoms with Crippen molar-refractivity contribution in [3.8, 4) is 0 Å². The SMILES string of the molecule is Cc1cc(Br)ccc1NC(=O)CN(C)C(=O)CCc1cccc(Cl)c1. The Morgan fingerprint density at radius 2 is 1.96 bits per heavy atom. The molecule has 6 heteroatoms. The van der Waals surface area contributed by atoms with E-state index in [9.17, 15) is 9.59 Å². The molecule has 0 aliphatic heterocycles. The predicted octanol–water partition coefficient (Wildman–Crippen LogP) is 4.44. The van der Waals surface area contributed by atoms with Crippen LogP contribution >= 0.6 is 27.5 Å². The normalized spacial score (nSPS) is 10.4. The number of benzene rings is 2. The maximum Gasteiger partial charge on any atom is 0.243 e. The van der Waals surface area contributed by atoms with Crippen LogP contribution in [-0.2, 0) is 16.0 Å². The van der Waals surface area contributed by atoms with E-state index in [0.717, 1.165) is 21.3 Å². The summed E-state index contributed by atoms with van der Waals surface area (Å²) in [6, 6.07) is 13.1. The van der Waals surface area contributed by atoms with Gasteiger partial charge in [0.2, 0.25) is 11.8 Å². The van der Waals surface area contributed by atoms with Gasteiger partial charge in [-0.25, -0.2) is 0 Å². The second-order valence-electron chi connectivity index (χ2n) is 5.89. The van der Waals surface area contributed by atoms with Crippen molar-refractivity contribution in [1.29, 1.82) is 0 Å². The quantitative estimate of drug-likeness (QED) is 0.746. The van der Waals surface area contributed by atoms with E-state index in [4.69, 9.17) is 11.6 Å². The minimum absolute atomic E-state index is 0.0177. The Bertz CT molecular complexity index is 780. The lowest BCUT2D eigenvalue weighted by Crippen LogP contribution is -2.35. The van der Waals surface area contributed by atoms with Crippen LogP contribution in [0.2, 0.25) is 5.02 Å². The monoisotopic (exact) mass is 422 g/mol. The molecule has 0 aliphatic carbocycles. The molecule has 0 aromatic heterocycles. The molecule has 0 spiro atoms. The van der Waals surface area contributed by atoms with E-state index >= 15 is 0 Å². The van der Waals surface area contributed by atoms with Crippen molar-refractivity contribution in [2.75, 3.05) is 18.9 Å².